The molecule has 0 saturated carbocycles. The molecular weight excluding hydrogens is 340 g/mol. The highest BCUT2D eigenvalue weighted by molar-refractivity contribution is 9.10. The fourth-order valence-electron chi connectivity index (χ4n) is 2.14. The Labute approximate surface area is 133 Å². The van der Waals surface area contributed by atoms with Crippen LogP contribution in [0.5, 0.6) is 11.5 Å². The van der Waals surface area contributed by atoms with Crippen molar-refractivity contribution < 1.29 is 24.1 Å². The van der Waals surface area contributed by atoms with Crippen LogP contribution in [0.2, 0.25) is 0 Å². The van der Waals surface area contributed by atoms with Crippen LogP contribution in [-0.4, -0.2) is 31.9 Å². The van der Waals surface area contributed by atoms with Crippen LogP contribution < -0.4 is 9.47 Å². The SMILES string of the molecule is CCOC(=O)C(O)c1cc(OC)c(OC)c(Br)c1C(C)C. The lowest BCUT2D eigenvalue weighted by molar-refractivity contribution is -0.153. The summed E-state index contributed by atoms with van der Waals surface area (Å²) >= 11 is 3.47. The molecule has 0 amide bonds. The molecular formula is C15H21BrO5. The number of ether oxygens (including phenoxy) is 3. The molecule has 1 atom stereocenters. The van der Waals surface area contributed by atoms with Crippen LogP contribution in [0.4, 0.5) is 0 Å². The number of methoxy groups -OCH3 is 2. The first-order chi connectivity index (χ1) is 9.88. The third-order valence-corrected chi connectivity index (χ3v) is 3.85. The minimum Gasteiger partial charge on any atom is -0.493 e. The number of hydrogen-bond donors (Lipinski definition) is 1. The van der Waals surface area contributed by atoms with Crippen LogP contribution in [0.3, 0.4) is 0 Å². The van der Waals surface area contributed by atoms with Crippen molar-refractivity contribution in [3.8, 4) is 11.5 Å². The second-order valence-electron chi connectivity index (χ2n) is 4.74. The average molecular weight is 361 g/mol. The van der Waals surface area contributed by atoms with Crippen molar-refractivity contribution in [3.63, 3.8) is 0 Å². The summed E-state index contributed by atoms with van der Waals surface area (Å²) in [5.74, 6) is 0.352. The summed E-state index contributed by atoms with van der Waals surface area (Å²) in [6, 6.07) is 1.61. The normalized spacial score (nSPS) is 12.2. The third-order valence-electron chi connectivity index (χ3n) is 3.06. The fraction of sp³-hybridized carbons (Fsp3) is 0.533. The van der Waals surface area contributed by atoms with Crippen LogP contribution >= 0.6 is 15.9 Å². The number of esters is 1. The molecule has 1 N–H and O–H groups in total. The van der Waals surface area contributed by atoms with Gasteiger partial charge < -0.3 is 19.3 Å². The highest BCUT2D eigenvalue weighted by Crippen LogP contribution is 2.44. The van der Waals surface area contributed by atoms with Crippen molar-refractivity contribution in [1.29, 1.82) is 0 Å². The Balaban J connectivity index is 3.49. The Hall–Kier alpha value is -1.27. The van der Waals surface area contributed by atoms with Gasteiger partial charge in [-0.2, -0.15) is 0 Å². The molecule has 1 aromatic carbocycles. The molecule has 0 aliphatic heterocycles. The van der Waals surface area contributed by atoms with E-state index in [1.165, 1.54) is 14.2 Å². The molecule has 21 heavy (non-hydrogen) atoms. The highest BCUT2D eigenvalue weighted by atomic mass is 79.9. The molecule has 0 aromatic heterocycles. The maximum absolute atomic E-state index is 11.8. The number of halogens is 1. The van der Waals surface area contributed by atoms with Gasteiger partial charge in [0.1, 0.15) is 0 Å². The van der Waals surface area contributed by atoms with Crippen molar-refractivity contribution in [2.75, 3.05) is 20.8 Å². The van der Waals surface area contributed by atoms with Gasteiger partial charge >= 0.3 is 5.97 Å². The van der Waals surface area contributed by atoms with E-state index in [4.69, 9.17) is 14.2 Å². The predicted octanol–water partition coefficient (Wildman–Crippen LogP) is 3.19. The van der Waals surface area contributed by atoms with Crippen LogP contribution in [0.1, 0.15) is 43.9 Å². The van der Waals surface area contributed by atoms with Gasteiger partial charge in [-0.3, -0.25) is 0 Å². The van der Waals surface area contributed by atoms with E-state index < -0.39 is 12.1 Å². The summed E-state index contributed by atoms with van der Waals surface area (Å²) in [4.78, 5) is 11.8. The minimum atomic E-state index is -1.36. The van der Waals surface area contributed by atoms with E-state index >= 15 is 0 Å². The van der Waals surface area contributed by atoms with E-state index in [-0.39, 0.29) is 12.5 Å². The first-order valence-electron chi connectivity index (χ1n) is 6.67. The van der Waals surface area contributed by atoms with E-state index in [2.05, 4.69) is 15.9 Å². The molecule has 5 nitrogen and oxygen atoms in total. The van der Waals surface area contributed by atoms with E-state index in [1.807, 2.05) is 13.8 Å². The summed E-state index contributed by atoms with van der Waals surface area (Å²) in [5.41, 5.74) is 1.24. The lowest BCUT2D eigenvalue weighted by atomic mass is 9.93. The maximum Gasteiger partial charge on any atom is 0.339 e. The number of aliphatic hydroxyl groups excluding tert-OH is 1. The molecule has 0 radical (unpaired) electrons. The number of hydrogen-bond acceptors (Lipinski definition) is 5. The standard InChI is InChI=1S/C15H21BrO5/c1-6-21-15(18)13(17)9-7-10(19-4)14(20-5)12(16)11(9)8(2)3/h7-8,13,17H,6H2,1-5H3. The Morgan fingerprint density at radius 2 is 1.95 bits per heavy atom. The highest BCUT2D eigenvalue weighted by Gasteiger charge is 2.28. The summed E-state index contributed by atoms with van der Waals surface area (Å²) in [6.45, 7) is 5.83. The molecule has 0 fully saturated rings. The molecule has 0 aliphatic rings. The zero-order valence-electron chi connectivity index (χ0n) is 12.9. The number of carbonyl (C=O) groups excluding carboxylic acids is 1. The van der Waals surface area contributed by atoms with Gasteiger partial charge in [-0.1, -0.05) is 13.8 Å². The van der Waals surface area contributed by atoms with Gasteiger partial charge in [0.15, 0.2) is 17.6 Å². The summed E-state index contributed by atoms with van der Waals surface area (Å²) in [5, 5.41) is 10.3. The van der Waals surface area contributed by atoms with E-state index in [0.29, 0.717) is 21.5 Å². The molecule has 0 bridgehead atoms. The van der Waals surface area contributed by atoms with E-state index in [0.717, 1.165) is 5.56 Å². The third kappa shape index (κ3) is 3.68. The van der Waals surface area contributed by atoms with Crippen molar-refractivity contribution >= 4 is 21.9 Å². The largest absolute Gasteiger partial charge is 0.493 e. The van der Waals surface area contributed by atoms with Crippen LogP contribution in [0.15, 0.2) is 10.5 Å². The smallest absolute Gasteiger partial charge is 0.339 e. The molecule has 0 aliphatic carbocycles. The molecule has 0 heterocycles. The Bertz CT molecular complexity index is 513. The molecule has 0 spiro atoms. The Morgan fingerprint density at radius 3 is 2.38 bits per heavy atom. The predicted molar refractivity (Wildman–Crippen MR) is 82.9 cm³/mol. The van der Waals surface area contributed by atoms with Gasteiger partial charge in [0.2, 0.25) is 0 Å². The molecule has 0 saturated heterocycles. The van der Waals surface area contributed by atoms with E-state index in [9.17, 15) is 9.90 Å². The van der Waals surface area contributed by atoms with Gasteiger partial charge in [-0.05, 0) is 40.4 Å². The Kier molecular flexibility index (Phi) is 6.48. The average Bonchev–Trinajstić information content (AvgIpc) is 2.44. The topological polar surface area (TPSA) is 65.0 Å². The summed E-state index contributed by atoms with van der Waals surface area (Å²) in [7, 11) is 3.04. The second-order valence-corrected chi connectivity index (χ2v) is 5.53. The first kappa shape index (κ1) is 17.8. The number of rotatable bonds is 6. The van der Waals surface area contributed by atoms with Crippen LogP contribution in [0, 0.1) is 0 Å². The number of aliphatic hydroxyl groups is 1. The molecule has 1 aromatic rings. The van der Waals surface area contributed by atoms with E-state index in [1.54, 1.807) is 13.0 Å². The van der Waals surface area contributed by atoms with Gasteiger partial charge in [0, 0.05) is 5.56 Å². The van der Waals surface area contributed by atoms with Crippen molar-refractivity contribution in [1.82, 2.24) is 0 Å². The zero-order chi connectivity index (χ0) is 16.2. The molecule has 118 valence electrons. The van der Waals surface area contributed by atoms with Gasteiger partial charge in [-0.15, -0.1) is 0 Å². The van der Waals surface area contributed by atoms with Crippen LogP contribution in [-0.2, 0) is 9.53 Å². The second kappa shape index (κ2) is 7.66. The lowest BCUT2D eigenvalue weighted by Gasteiger charge is -2.22. The van der Waals surface area contributed by atoms with Gasteiger partial charge in [0.25, 0.3) is 0 Å². The lowest BCUT2D eigenvalue weighted by Crippen LogP contribution is -2.18. The summed E-state index contributed by atoms with van der Waals surface area (Å²) in [6.07, 6.45) is -1.36. The molecule has 1 unspecified atom stereocenters. The van der Waals surface area contributed by atoms with Crippen LogP contribution in [0.25, 0.3) is 0 Å². The maximum atomic E-state index is 11.8. The Morgan fingerprint density at radius 1 is 1.33 bits per heavy atom. The minimum absolute atomic E-state index is 0.0678. The van der Waals surface area contributed by atoms with Crippen molar-refractivity contribution in [2.24, 2.45) is 0 Å². The van der Waals surface area contributed by atoms with Crippen molar-refractivity contribution in [3.05, 3.63) is 21.7 Å². The molecule has 1 rings (SSSR count). The fourth-order valence-corrected chi connectivity index (χ4v) is 3.19. The quantitative estimate of drug-likeness (QED) is 0.789. The number of benzene rings is 1. The van der Waals surface area contributed by atoms with Crippen molar-refractivity contribution in [2.45, 2.75) is 32.8 Å². The zero-order valence-corrected chi connectivity index (χ0v) is 14.5. The number of carbonyl (C=O) groups is 1. The van der Waals surface area contributed by atoms with Gasteiger partial charge in [0.05, 0.1) is 25.3 Å². The molecule has 6 heteroatoms. The van der Waals surface area contributed by atoms with Gasteiger partial charge in [-0.25, -0.2) is 4.79 Å². The summed E-state index contributed by atoms with van der Waals surface area (Å²) < 4.78 is 16.1. The monoisotopic (exact) mass is 360 g/mol. The first-order valence-corrected chi connectivity index (χ1v) is 7.47.